The highest BCUT2D eigenvalue weighted by atomic mass is 14.9. The van der Waals surface area contributed by atoms with Crippen LogP contribution in [0.25, 0.3) is 89.5 Å². The quantitative estimate of drug-likeness (QED) is 0.163. The standard InChI is InChI=1S/C55H38N4/c1-55(2)50-27-36(35-56)19-21-48(50)49-22-20-44(33-51(49)55)46-30-45(43-18-10-17-42(29-43)41-16-9-15-40(28-41)37-23-25-57-26-24-37)31-47(32-46)54-58-52(38-11-5-3-6-12-38)34-53(59-54)39-13-7-4-8-14-39/h3-34H,1-2H3. The minimum absolute atomic E-state index is 0.273. The molecule has 4 heteroatoms. The predicted molar refractivity (Wildman–Crippen MR) is 240 cm³/mol. The van der Waals surface area contributed by atoms with Crippen molar-refractivity contribution in [3.63, 3.8) is 0 Å². The SMILES string of the molecule is CC1(C)c2cc(C#N)ccc2-c2ccc(-c3cc(-c4cccc(-c5cccc(-c6ccncc6)c5)c4)cc(-c4nc(-c5ccccc5)cc(-c5ccccc5)n4)c3)cc21. The minimum atomic E-state index is -0.273. The molecule has 1 aliphatic carbocycles. The van der Waals surface area contributed by atoms with E-state index in [0.29, 0.717) is 11.4 Å². The normalized spacial score (nSPS) is 12.4. The van der Waals surface area contributed by atoms with E-state index in [1.807, 2.05) is 67.0 Å². The van der Waals surface area contributed by atoms with Gasteiger partial charge in [0.15, 0.2) is 5.82 Å². The fraction of sp³-hybridized carbons (Fsp3) is 0.0545. The van der Waals surface area contributed by atoms with Gasteiger partial charge in [-0.2, -0.15) is 5.26 Å². The summed E-state index contributed by atoms with van der Waals surface area (Å²) in [6.45, 7) is 4.52. The summed E-state index contributed by atoms with van der Waals surface area (Å²) in [6, 6.07) is 66.2. The number of fused-ring (bicyclic) bond motifs is 3. The number of pyridine rings is 1. The molecule has 0 radical (unpaired) electrons. The molecule has 0 saturated carbocycles. The van der Waals surface area contributed by atoms with Crippen LogP contribution >= 0.6 is 0 Å². The van der Waals surface area contributed by atoms with Crippen LogP contribution in [0.1, 0.15) is 30.5 Å². The molecular formula is C55H38N4. The van der Waals surface area contributed by atoms with Crippen LogP contribution in [0.4, 0.5) is 0 Å². The monoisotopic (exact) mass is 754 g/mol. The van der Waals surface area contributed by atoms with Crippen molar-refractivity contribution in [1.82, 2.24) is 15.0 Å². The van der Waals surface area contributed by atoms with Crippen LogP contribution in [-0.4, -0.2) is 15.0 Å². The van der Waals surface area contributed by atoms with Gasteiger partial charge in [-0.15, -0.1) is 0 Å². The van der Waals surface area contributed by atoms with Crippen LogP contribution in [0.2, 0.25) is 0 Å². The zero-order valence-corrected chi connectivity index (χ0v) is 32.8. The molecule has 2 aromatic heterocycles. The summed E-state index contributed by atoms with van der Waals surface area (Å²) in [5.41, 5.74) is 18.9. The molecular weight excluding hydrogens is 717 g/mol. The van der Waals surface area contributed by atoms with Gasteiger partial charge in [-0.3, -0.25) is 4.98 Å². The second-order valence-electron chi connectivity index (χ2n) is 15.6. The summed E-state index contributed by atoms with van der Waals surface area (Å²) >= 11 is 0. The first kappa shape index (κ1) is 35.7. The van der Waals surface area contributed by atoms with Crippen molar-refractivity contribution in [3.8, 4) is 95.6 Å². The Kier molecular flexibility index (Phi) is 8.85. The van der Waals surface area contributed by atoms with Crippen molar-refractivity contribution in [2.45, 2.75) is 19.3 Å². The van der Waals surface area contributed by atoms with Crippen LogP contribution in [0.15, 0.2) is 194 Å². The van der Waals surface area contributed by atoms with Gasteiger partial charge in [-0.05, 0) is 133 Å². The number of nitrogens with zero attached hydrogens (tertiary/aromatic N) is 4. The molecule has 59 heavy (non-hydrogen) atoms. The van der Waals surface area contributed by atoms with E-state index in [2.05, 4.69) is 152 Å². The van der Waals surface area contributed by atoms with Crippen LogP contribution in [0.5, 0.6) is 0 Å². The lowest BCUT2D eigenvalue weighted by molar-refractivity contribution is 0.660. The maximum atomic E-state index is 9.73. The van der Waals surface area contributed by atoms with Crippen molar-refractivity contribution in [2.75, 3.05) is 0 Å². The van der Waals surface area contributed by atoms with E-state index >= 15 is 0 Å². The largest absolute Gasteiger partial charge is 0.265 e. The van der Waals surface area contributed by atoms with Crippen molar-refractivity contribution < 1.29 is 0 Å². The average molecular weight is 755 g/mol. The van der Waals surface area contributed by atoms with Crippen LogP contribution in [0, 0.1) is 11.3 Å². The highest BCUT2D eigenvalue weighted by molar-refractivity contribution is 5.87. The average Bonchev–Trinajstić information content (AvgIpc) is 3.54. The smallest absolute Gasteiger partial charge is 0.160 e. The third-order valence-corrected chi connectivity index (χ3v) is 11.6. The third kappa shape index (κ3) is 6.69. The molecule has 2 heterocycles. The summed E-state index contributed by atoms with van der Waals surface area (Å²) in [5, 5.41) is 9.73. The minimum Gasteiger partial charge on any atom is -0.265 e. The number of aromatic nitrogens is 3. The van der Waals surface area contributed by atoms with Gasteiger partial charge in [0.2, 0.25) is 0 Å². The number of rotatable bonds is 7. The second-order valence-corrected chi connectivity index (χ2v) is 15.6. The molecule has 0 atom stereocenters. The van der Waals surface area contributed by atoms with E-state index < -0.39 is 0 Å². The van der Waals surface area contributed by atoms with E-state index in [1.165, 1.54) is 22.3 Å². The van der Waals surface area contributed by atoms with E-state index in [4.69, 9.17) is 9.97 Å². The Balaban J connectivity index is 1.15. The highest BCUT2D eigenvalue weighted by Crippen LogP contribution is 2.50. The lowest BCUT2D eigenvalue weighted by Gasteiger charge is -2.22. The van der Waals surface area contributed by atoms with Gasteiger partial charge in [0.05, 0.1) is 23.0 Å². The van der Waals surface area contributed by atoms with Gasteiger partial charge < -0.3 is 0 Å². The Hall–Kier alpha value is -7.74. The number of nitriles is 1. The topological polar surface area (TPSA) is 62.5 Å². The predicted octanol–water partition coefficient (Wildman–Crippen LogP) is 13.7. The molecule has 0 fully saturated rings. The summed E-state index contributed by atoms with van der Waals surface area (Å²) in [6.07, 6.45) is 3.67. The molecule has 4 nitrogen and oxygen atoms in total. The Morgan fingerprint density at radius 2 is 0.847 bits per heavy atom. The lowest BCUT2D eigenvalue weighted by Crippen LogP contribution is -2.15. The molecule has 0 unspecified atom stereocenters. The van der Waals surface area contributed by atoms with Crippen molar-refractivity contribution >= 4 is 0 Å². The first-order valence-electron chi connectivity index (χ1n) is 19.9. The molecule has 9 aromatic rings. The first-order valence-corrected chi connectivity index (χ1v) is 19.9. The van der Waals surface area contributed by atoms with Gasteiger partial charge in [-0.1, -0.05) is 129 Å². The lowest BCUT2D eigenvalue weighted by atomic mass is 9.81. The van der Waals surface area contributed by atoms with Crippen molar-refractivity contribution in [3.05, 3.63) is 211 Å². The Morgan fingerprint density at radius 3 is 1.42 bits per heavy atom. The van der Waals surface area contributed by atoms with Gasteiger partial charge in [0, 0.05) is 34.5 Å². The molecule has 0 aliphatic heterocycles. The molecule has 0 N–H and O–H groups in total. The highest BCUT2D eigenvalue weighted by Gasteiger charge is 2.36. The van der Waals surface area contributed by atoms with Crippen LogP contribution in [-0.2, 0) is 5.41 Å². The molecule has 0 spiro atoms. The molecule has 0 saturated heterocycles. The molecule has 0 bridgehead atoms. The van der Waals surface area contributed by atoms with E-state index in [-0.39, 0.29) is 5.41 Å². The molecule has 0 amide bonds. The summed E-state index contributed by atoms with van der Waals surface area (Å²) in [7, 11) is 0. The molecule has 7 aromatic carbocycles. The van der Waals surface area contributed by atoms with E-state index in [9.17, 15) is 5.26 Å². The maximum absolute atomic E-state index is 9.73. The second kappa shape index (κ2) is 14.6. The third-order valence-electron chi connectivity index (χ3n) is 11.6. The maximum Gasteiger partial charge on any atom is 0.160 e. The molecule has 278 valence electrons. The summed E-state index contributed by atoms with van der Waals surface area (Å²) in [5.74, 6) is 0.660. The number of hydrogen-bond acceptors (Lipinski definition) is 4. The Morgan fingerprint density at radius 1 is 0.390 bits per heavy atom. The van der Waals surface area contributed by atoms with Crippen LogP contribution in [0.3, 0.4) is 0 Å². The molecule has 10 rings (SSSR count). The number of benzene rings is 7. The van der Waals surface area contributed by atoms with Gasteiger partial charge in [0.1, 0.15) is 0 Å². The Bertz CT molecular complexity index is 3010. The summed E-state index contributed by atoms with van der Waals surface area (Å²) < 4.78 is 0. The first-order chi connectivity index (χ1) is 28.9. The van der Waals surface area contributed by atoms with E-state index in [1.54, 1.807) is 0 Å². The van der Waals surface area contributed by atoms with Crippen molar-refractivity contribution in [2.24, 2.45) is 0 Å². The zero-order chi connectivity index (χ0) is 39.9. The molecule has 1 aliphatic rings. The summed E-state index contributed by atoms with van der Waals surface area (Å²) in [4.78, 5) is 14.7. The van der Waals surface area contributed by atoms with Crippen LogP contribution < -0.4 is 0 Å². The number of hydrogen-bond donors (Lipinski definition) is 0. The fourth-order valence-electron chi connectivity index (χ4n) is 8.47. The zero-order valence-electron chi connectivity index (χ0n) is 32.8. The Labute approximate surface area is 344 Å². The van der Waals surface area contributed by atoms with Crippen molar-refractivity contribution in [1.29, 1.82) is 5.26 Å². The van der Waals surface area contributed by atoms with E-state index in [0.717, 1.165) is 72.6 Å². The van der Waals surface area contributed by atoms with Gasteiger partial charge >= 0.3 is 0 Å². The van der Waals surface area contributed by atoms with Gasteiger partial charge in [-0.25, -0.2) is 9.97 Å². The van der Waals surface area contributed by atoms with Gasteiger partial charge in [0.25, 0.3) is 0 Å². The fourth-order valence-corrected chi connectivity index (χ4v) is 8.47.